The zero-order valence-corrected chi connectivity index (χ0v) is 14.9. The standard InChI is InChI=1S/C18H36N2O/c1-17(2)11-16(12-18(3,4)14-17)20(9-10-21-5)13-15-7-6-8-19-15/h15-16,19H,6-14H2,1-5H3. The molecule has 1 unspecified atom stereocenters. The fraction of sp³-hybridized carbons (Fsp3) is 1.00. The summed E-state index contributed by atoms with van der Waals surface area (Å²) in [6.45, 7) is 14.1. The van der Waals surface area contributed by atoms with Crippen molar-refractivity contribution >= 4 is 0 Å². The number of ether oxygens (including phenoxy) is 1. The van der Waals surface area contributed by atoms with Gasteiger partial charge in [0.1, 0.15) is 0 Å². The molecule has 1 aliphatic heterocycles. The van der Waals surface area contributed by atoms with Gasteiger partial charge in [0.2, 0.25) is 0 Å². The molecule has 0 aromatic heterocycles. The molecule has 0 aromatic rings. The van der Waals surface area contributed by atoms with Gasteiger partial charge >= 0.3 is 0 Å². The normalized spacial score (nSPS) is 29.1. The molecule has 3 nitrogen and oxygen atoms in total. The molecule has 21 heavy (non-hydrogen) atoms. The SMILES string of the molecule is COCCN(CC1CCCN1)C1CC(C)(C)CC(C)(C)C1. The van der Waals surface area contributed by atoms with E-state index in [1.165, 1.54) is 45.2 Å². The highest BCUT2D eigenvalue weighted by Crippen LogP contribution is 2.47. The molecular formula is C18H36N2O. The molecule has 1 saturated carbocycles. The van der Waals surface area contributed by atoms with Crippen molar-refractivity contribution in [3.8, 4) is 0 Å². The van der Waals surface area contributed by atoms with Crippen LogP contribution in [0.2, 0.25) is 0 Å². The highest BCUT2D eigenvalue weighted by Gasteiger charge is 2.40. The first-order chi connectivity index (χ1) is 9.81. The predicted octanol–water partition coefficient (Wildman–Crippen LogP) is 3.29. The Labute approximate surface area is 131 Å². The van der Waals surface area contributed by atoms with E-state index < -0.39 is 0 Å². The van der Waals surface area contributed by atoms with Crippen molar-refractivity contribution in [3.63, 3.8) is 0 Å². The maximum Gasteiger partial charge on any atom is 0.0589 e. The summed E-state index contributed by atoms with van der Waals surface area (Å²) in [5, 5.41) is 3.66. The number of nitrogens with one attached hydrogen (secondary N) is 1. The van der Waals surface area contributed by atoms with Gasteiger partial charge in [-0.3, -0.25) is 4.90 Å². The van der Waals surface area contributed by atoms with Crippen LogP contribution < -0.4 is 5.32 Å². The van der Waals surface area contributed by atoms with Crippen molar-refractivity contribution in [2.24, 2.45) is 10.8 Å². The summed E-state index contributed by atoms with van der Waals surface area (Å²) in [6, 6.07) is 1.40. The Hall–Kier alpha value is -0.120. The largest absolute Gasteiger partial charge is 0.383 e. The molecule has 3 heteroatoms. The lowest BCUT2D eigenvalue weighted by molar-refractivity contribution is 0.0107. The van der Waals surface area contributed by atoms with Crippen LogP contribution in [-0.4, -0.2) is 50.3 Å². The van der Waals surface area contributed by atoms with E-state index in [0.717, 1.165) is 13.2 Å². The fourth-order valence-corrected chi connectivity index (χ4v) is 4.87. The predicted molar refractivity (Wildman–Crippen MR) is 89.7 cm³/mol. The summed E-state index contributed by atoms with van der Waals surface area (Å²) in [5.74, 6) is 0. The van der Waals surface area contributed by atoms with Gasteiger partial charge in [0, 0.05) is 32.3 Å². The van der Waals surface area contributed by atoms with Crippen LogP contribution in [-0.2, 0) is 4.74 Å². The van der Waals surface area contributed by atoms with Crippen molar-refractivity contribution in [2.45, 2.75) is 71.9 Å². The minimum Gasteiger partial charge on any atom is -0.383 e. The van der Waals surface area contributed by atoms with Gasteiger partial charge < -0.3 is 10.1 Å². The van der Waals surface area contributed by atoms with Gasteiger partial charge in [-0.1, -0.05) is 27.7 Å². The zero-order chi connectivity index (χ0) is 15.5. The van der Waals surface area contributed by atoms with Crippen LogP contribution in [0.1, 0.15) is 59.8 Å². The molecule has 1 saturated heterocycles. The Morgan fingerprint density at radius 3 is 2.33 bits per heavy atom. The van der Waals surface area contributed by atoms with Crippen molar-refractivity contribution in [1.82, 2.24) is 10.2 Å². The van der Waals surface area contributed by atoms with E-state index in [4.69, 9.17) is 4.74 Å². The minimum atomic E-state index is 0.459. The summed E-state index contributed by atoms with van der Waals surface area (Å²) in [6.07, 6.45) is 6.67. The number of hydrogen-bond donors (Lipinski definition) is 1. The molecule has 0 aromatic carbocycles. The highest BCUT2D eigenvalue weighted by atomic mass is 16.5. The second kappa shape index (κ2) is 6.97. The van der Waals surface area contributed by atoms with Gasteiger partial charge in [-0.15, -0.1) is 0 Å². The van der Waals surface area contributed by atoms with Gasteiger partial charge in [0.05, 0.1) is 6.61 Å². The molecule has 124 valence electrons. The van der Waals surface area contributed by atoms with Gasteiger partial charge in [0.25, 0.3) is 0 Å². The third kappa shape index (κ3) is 5.22. The molecule has 2 rings (SSSR count). The molecule has 1 N–H and O–H groups in total. The fourth-order valence-electron chi connectivity index (χ4n) is 4.87. The van der Waals surface area contributed by atoms with Crippen LogP contribution in [0.3, 0.4) is 0 Å². The van der Waals surface area contributed by atoms with Crippen LogP contribution in [0.25, 0.3) is 0 Å². The average Bonchev–Trinajstić information content (AvgIpc) is 2.83. The second-order valence-electron chi connectivity index (χ2n) is 8.85. The molecule has 1 aliphatic carbocycles. The van der Waals surface area contributed by atoms with Crippen molar-refractivity contribution in [1.29, 1.82) is 0 Å². The average molecular weight is 296 g/mol. The van der Waals surface area contributed by atoms with Crippen molar-refractivity contribution < 1.29 is 4.74 Å². The Bertz CT molecular complexity index is 305. The summed E-state index contributed by atoms with van der Waals surface area (Å²) < 4.78 is 5.37. The van der Waals surface area contributed by atoms with E-state index in [1.807, 2.05) is 7.11 Å². The van der Waals surface area contributed by atoms with E-state index in [0.29, 0.717) is 22.9 Å². The third-order valence-corrected chi connectivity index (χ3v) is 5.25. The topological polar surface area (TPSA) is 24.5 Å². The second-order valence-corrected chi connectivity index (χ2v) is 8.85. The van der Waals surface area contributed by atoms with Gasteiger partial charge in [-0.2, -0.15) is 0 Å². The monoisotopic (exact) mass is 296 g/mol. The summed E-state index contributed by atoms with van der Waals surface area (Å²) in [5.41, 5.74) is 0.918. The number of hydrogen-bond acceptors (Lipinski definition) is 3. The van der Waals surface area contributed by atoms with Crippen LogP contribution in [0.4, 0.5) is 0 Å². The molecule has 2 aliphatic rings. The zero-order valence-electron chi connectivity index (χ0n) is 14.9. The van der Waals surface area contributed by atoms with E-state index in [1.54, 1.807) is 0 Å². The smallest absolute Gasteiger partial charge is 0.0589 e. The Morgan fingerprint density at radius 2 is 1.81 bits per heavy atom. The third-order valence-electron chi connectivity index (χ3n) is 5.25. The van der Waals surface area contributed by atoms with Gasteiger partial charge in [0.15, 0.2) is 0 Å². The van der Waals surface area contributed by atoms with E-state index in [2.05, 4.69) is 37.9 Å². The van der Waals surface area contributed by atoms with Crippen LogP contribution in [0.5, 0.6) is 0 Å². The van der Waals surface area contributed by atoms with Crippen LogP contribution in [0.15, 0.2) is 0 Å². The van der Waals surface area contributed by atoms with Crippen LogP contribution in [0, 0.1) is 10.8 Å². The molecule has 1 heterocycles. The summed E-state index contributed by atoms with van der Waals surface area (Å²) in [4.78, 5) is 2.72. The molecule has 0 spiro atoms. The minimum absolute atomic E-state index is 0.459. The molecule has 0 radical (unpaired) electrons. The lowest BCUT2D eigenvalue weighted by atomic mass is 9.63. The number of rotatable bonds is 6. The molecule has 0 amide bonds. The summed E-state index contributed by atoms with van der Waals surface area (Å²) in [7, 11) is 1.82. The molecule has 2 fully saturated rings. The first-order valence-corrected chi connectivity index (χ1v) is 8.78. The Balaban J connectivity index is 2.03. The number of nitrogens with zero attached hydrogens (tertiary/aromatic N) is 1. The lowest BCUT2D eigenvalue weighted by Gasteiger charge is -2.49. The van der Waals surface area contributed by atoms with Crippen LogP contribution >= 0.6 is 0 Å². The first-order valence-electron chi connectivity index (χ1n) is 8.78. The Kier molecular flexibility index (Phi) is 5.72. The Morgan fingerprint density at radius 1 is 1.14 bits per heavy atom. The van der Waals surface area contributed by atoms with E-state index >= 15 is 0 Å². The maximum absolute atomic E-state index is 5.37. The first kappa shape index (κ1) is 17.2. The van der Waals surface area contributed by atoms with Crippen molar-refractivity contribution in [3.05, 3.63) is 0 Å². The van der Waals surface area contributed by atoms with Crippen molar-refractivity contribution in [2.75, 3.05) is 33.4 Å². The van der Waals surface area contributed by atoms with Gasteiger partial charge in [-0.25, -0.2) is 0 Å². The quantitative estimate of drug-likeness (QED) is 0.814. The highest BCUT2D eigenvalue weighted by molar-refractivity contribution is 4.94. The number of methoxy groups -OCH3 is 1. The maximum atomic E-state index is 5.37. The van der Waals surface area contributed by atoms with E-state index in [9.17, 15) is 0 Å². The molecule has 0 bridgehead atoms. The molecule has 1 atom stereocenters. The van der Waals surface area contributed by atoms with E-state index in [-0.39, 0.29) is 0 Å². The summed E-state index contributed by atoms with van der Waals surface area (Å²) >= 11 is 0. The lowest BCUT2D eigenvalue weighted by Crippen LogP contribution is -2.50. The van der Waals surface area contributed by atoms with Gasteiger partial charge in [-0.05, 0) is 49.5 Å². The molecular weight excluding hydrogens is 260 g/mol.